The molecule has 0 saturated carbocycles. The molecule has 2 aromatic carbocycles. The minimum absolute atomic E-state index is 0.0146. The van der Waals surface area contributed by atoms with Crippen molar-refractivity contribution < 1.29 is 13.2 Å². The molecule has 1 amide bonds. The van der Waals surface area contributed by atoms with Gasteiger partial charge >= 0.3 is 0 Å². The molecule has 2 heterocycles. The Hall–Kier alpha value is -2.22. The van der Waals surface area contributed by atoms with Crippen molar-refractivity contribution in [2.24, 2.45) is 5.92 Å². The molecule has 28 heavy (non-hydrogen) atoms. The lowest BCUT2D eigenvalue weighted by Crippen LogP contribution is -2.53. The molecule has 2 aliphatic rings. The minimum Gasteiger partial charge on any atom is -0.359 e. The van der Waals surface area contributed by atoms with E-state index in [9.17, 15) is 13.2 Å². The lowest BCUT2D eigenvalue weighted by atomic mass is 9.83. The first-order valence-electron chi connectivity index (χ1n) is 9.58. The van der Waals surface area contributed by atoms with E-state index in [2.05, 4.69) is 10.2 Å². The molecule has 4 rings (SSSR count). The van der Waals surface area contributed by atoms with E-state index >= 15 is 0 Å². The standard InChI is InChI=1S/C21H25N3O3S/c1-22-21(25)18-14-23-12-13-24(28(26,27)17-10-6-3-7-11-17)15-19(23)20(18)16-8-4-2-5-9-16/h2-11,18-20H,12-15H2,1H3,(H,22,25)/t18-,19-,20+/m1/s1. The SMILES string of the molecule is CNC(=O)[C@@H]1CN2CCN(S(=O)(=O)c3ccccc3)C[C@@H]2[C@H]1c1ccccc1. The minimum atomic E-state index is -3.54. The van der Waals surface area contributed by atoms with E-state index in [4.69, 9.17) is 0 Å². The number of carbonyl (C=O) groups excluding carboxylic acids is 1. The number of hydrogen-bond acceptors (Lipinski definition) is 4. The number of rotatable bonds is 4. The third kappa shape index (κ3) is 3.34. The number of nitrogens with one attached hydrogen (secondary N) is 1. The van der Waals surface area contributed by atoms with E-state index in [1.54, 1.807) is 35.6 Å². The largest absolute Gasteiger partial charge is 0.359 e. The molecule has 0 aromatic heterocycles. The van der Waals surface area contributed by atoms with E-state index in [-0.39, 0.29) is 23.8 Å². The third-order valence-corrected chi connectivity index (χ3v) is 7.80. The molecule has 2 aliphatic heterocycles. The lowest BCUT2D eigenvalue weighted by Gasteiger charge is -2.38. The normalized spacial score (nSPS) is 26.0. The monoisotopic (exact) mass is 399 g/mol. The highest BCUT2D eigenvalue weighted by Gasteiger charge is 2.49. The smallest absolute Gasteiger partial charge is 0.243 e. The van der Waals surface area contributed by atoms with Gasteiger partial charge in [0.15, 0.2) is 0 Å². The Balaban J connectivity index is 1.66. The molecule has 2 fully saturated rings. The summed E-state index contributed by atoms with van der Waals surface area (Å²) in [5.74, 6) is -0.201. The lowest BCUT2D eigenvalue weighted by molar-refractivity contribution is -0.124. The van der Waals surface area contributed by atoms with Gasteiger partial charge < -0.3 is 5.32 Å². The van der Waals surface area contributed by atoms with Gasteiger partial charge in [-0.2, -0.15) is 4.31 Å². The average Bonchev–Trinajstić information content (AvgIpc) is 3.13. The van der Waals surface area contributed by atoms with Gasteiger partial charge in [0.05, 0.1) is 10.8 Å². The van der Waals surface area contributed by atoms with Crippen LogP contribution in [0, 0.1) is 5.92 Å². The predicted molar refractivity (Wildman–Crippen MR) is 107 cm³/mol. The van der Waals surface area contributed by atoms with Crippen molar-refractivity contribution >= 4 is 15.9 Å². The molecule has 148 valence electrons. The van der Waals surface area contributed by atoms with Crippen LogP contribution in [0.15, 0.2) is 65.6 Å². The maximum absolute atomic E-state index is 13.1. The molecule has 0 aliphatic carbocycles. The van der Waals surface area contributed by atoms with Gasteiger partial charge in [0.25, 0.3) is 0 Å². The summed E-state index contributed by atoms with van der Waals surface area (Å²) < 4.78 is 27.8. The number of carbonyl (C=O) groups is 1. The molecule has 0 bridgehead atoms. The van der Waals surface area contributed by atoms with E-state index in [1.165, 1.54) is 0 Å². The van der Waals surface area contributed by atoms with E-state index in [0.717, 1.165) is 5.56 Å². The van der Waals surface area contributed by atoms with Gasteiger partial charge in [0.2, 0.25) is 15.9 Å². The Morgan fingerprint density at radius 3 is 2.25 bits per heavy atom. The van der Waals surface area contributed by atoms with E-state index in [1.807, 2.05) is 36.4 Å². The van der Waals surface area contributed by atoms with Crippen LogP contribution in [0.1, 0.15) is 11.5 Å². The second-order valence-electron chi connectivity index (χ2n) is 7.40. The number of piperazine rings is 1. The molecule has 0 radical (unpaired) electrons. The summed E-state index contributed by atoms with van der Waals surface area (Å²) in [6, 6.07) is 18.5. The summed E-state index contributed by atoms with van der Waals surface area (Å²) in [6.07, 6.45) is 0. The second-order valence-corrected chi connectivity index (χ2v) is 9.33. The number of benzene rings is 2. The topological polar surface area (TPSA) is 69.7 Å². The molecule has 6 nitrogen and oxygen atoms in total. The van der Waals surface area contributed by atoms with Crippen LogP contribution < -0.4 is 5.32 Å². The van der Waals surface area contributed by atoms with Gasteiger partial charge in [-0.1, -0.05) is 48.5 Å². The van der Waals surface area contributed by atoms with E-state index in [0.29, 0.717) is 31.1 Å². The fraction of sp³-hybridized carbons (Fsp3) is 0.381. The van der Waals surface area contributed by atoms with Crippen LogP contribution >= 0.6 is 0 Å². The third-order valence-electron chi connectivity index (χ3n) is 5.92. The molecule has 0 unspecified atom stereocenters. The van der Waals surface area contributed by atoms with Gasteiger partial charge in [-0.3, -0.25) is 9.69 Å². The fourth-order valence-corrected chi connectivity index (χ4v) is 6.01. The summed E-state index contributed by atoms with van der Waals surface area (Å²) in [4.78, 5) is 15.2. The zero-order valence-corrected chi connectivity index (χ0v) is 16.7. The zero-order chi connectivity index (χ0) is 19.7. The quantitative estimate of drug-likeness (QED) is 0.846. The van der Waals surface area contributed by atoms with Crippen molar-refractivity contribution in [3.63, 3.8) is 0 Å². The number of hydrogen-bond donors (Lipinski definition) is 1. The van der Waals surface area contributed by atoms with Gasteiger partial charge in [-0.25, -0.2) is 8.42 Å². The van der Waals surface area contributed by atoms with Gasteiger partial charge in [0.1, 0.15) is 0 Å². The van der Waals surface area contributed by atoms with Gasteiger partial charge in [-0.05, 0) is 17.7 Å². The van der Waals surface area contributed by atoms with Crippen molar-refractivity contribution in [3.05, 3.63) is 66.2 Å². The summed E-state index contributed by atoms with van der Waals surface area (Å²) >= 11 is 0. The number of fused-ring (bicyclic) bond motifs is 1. The molecular weight excluding hydrogens is 374 g/mol. The molecule has 2 saturated heterocycles. The fourth-order valence-electron chi connectivity index (χ4n) is 4.54. The Morgan fingerprint density at radius 1 is 0.964 bits per heavy atom. The van der Waals surface area contributed by atoms with Gasteiger partial charge in [0, 0.05) is 45.2 Å². The number of amides is 1. The average molecular weight is 400 g/mol. The van der Waals surface area contributed by atoms with E-state index < -0.39 is 10.0 Å². The van der Waals surface area contributed by atoms with Crippen LogP contribution in [0.25, 0.3) is 0 Å². The summed E-state index contributed by atoms with van der Waals surface area (Å²) in [5, 5.41) is 2.79. The van der Waals surface area contributed by atoms with Gasteiger partial charge in [-0.15, -0.1) is 0 Å². The molecular formula is C21H25N3O3S. The summed E-state index contributed by atoms with van der Waals surface area (Å²) in [5.41, 5.74) is 1.09. The molecule has 7 heteroatoms. The van der Waals surface area contributed by atoms with Crippen LogP contribution in [0.5, 0.6) is 0 Å². The van der Waals surface area contributed by atoms with Crippen LogP contribution in [0.2, 0.25) is 0 Å². The van der Waals surface area contributed by atoms with Crippen molar-refractivity contribution in [1.29, 1.82) is 0 Å². The maximum Gasteiger partial charge on any atom is 0.243 e. The highest BCUT2D eigenvalue weighted by molar-refractivity contribution is 7.89. The Bertz CT molecular complexity index is 934. The Kier molecular flexibility index (Phi) is 5.23. The predicted octanol–water partition coefficient (Wildman–Crippen LogP) is 1.52. The van der Waals surface area contributed by atoms with Crippen molar-refractivity contribution in [2.75, 3.05) is 33.2 Å². The number of nitrogens with zero attached hydrogens (tertiary/aromatic N) is 2. The first-order valence-corrected chi connectivity index (χ1v) is 11.0. The van der Waals surface area contributed by atoms with Crippen LogP contribution in [0.3, 0.4) is 0 Å². The maximum atomic E-state index is 13.1. The second kappa shape index (κ2) is 7.66. The summed E-state index contributed by atoms with van der Waals surface area (Å²) in [6.45, 7) is 2.12. The first-order chi connectivity index (χ1) is 13.5. The van der Waals surface area contributed by atoms with Crippen LogP contribution in [-0.2, 0) is 14.8 Å². The zero-order valence-electron chi connectivity index (χ0n) is 15.9. The van der Waals surface area contributed by atoms with Crippen molar-refractivity contribution in [2.45, 2.75) is 16.9 Å². The van der Waals surface area contributed by atoms with Crippen LogP contribution in [-0.4, -0.2) is 62.8 Å². The molecule has 1 N–H and O–H groups in total. The first kappa shape index (κ1) is 19.1. The Morgan fingerprint density at radius 2 is 1.61 bits per heavy atom. The van der Waals surface area contributed by atoms with Crippen molar-refractivity contribution in [1.82, 2.24) is 14.5 Å². The van der Waals surface area contributed by atoms with Crippen LogP contribution in [0.4, 0.5) is 0 Å². The molecule has 3 atom stereocenters. The molecule has 0 spiro atoms. The van der Waals surface area contributed by atoms with Crippen molar-refractivity contribution in [3.8, 4) is 0 Å². The number of sulfonamides is 1. The Labute approximate surface area is 166 Å². The highest BCUT2D eigenvalue weighted by atomic mass is 32.2. The highest BCUT2D eigenvalue weighted by Crippen LogP contribution is 2.40. The molecule has 2 aromatic rings. The summed E-state index contributed by atoms with van der Waals surface area (Å²) in [7, 11) is -1.88.